The van der Waals surface area contributed by atoms with Crippen LogP contribution in [0.4, 0.5) is 5.69 Å². The first-order chi connectivity index (χ1) is 6.26. The van der Waals surface area contributed by atoms with Crippen LogP contribution in [0.15, 0.2) is 29.3 Å². The first-order valence-corrected chi connectivity index (χ1v) is 3.72. The zero-order chi connectivity index (χ0) is 9.68. The van der Waals surface area contributed by atoms with E-state index in [9.17, 15) is 0 Å². The maximum Gasteiger partial charge on any atom is 0.245 e. The van der Waals surface area contributed by atoms with E-state index in [-0.39, 0.29) is 5.96 Å². The summed E-state index contributed by atoms with van der Waals surface area (Å²) in [5, 5.41) is 16.9. The van der Waals surface area contributed by atoms with Crippen LogP contribution in [0.25, 0.3) is 0 Å². The molecular formula is C8H11N3O2. The molecule has 0 fully saturated rings. The predicted molar refractivity (Wildman–Crippen MR) is 48.1 cm³/mol. The summed E-state index contributed by atoms with van der Waals surface area (Å²) in [5.74, 6) is -0.121. The second-order valence-electron chi connectivity index (χ2n) is 2.52. The van der Waals surface area contributed by atoms with Gasteiger partial charge in [-0.25, -0.2) is 16.0 Å². The number of guanidine groups is 1. The minimum Gasteiger partial charge on any atom is -0.288 e. The fourth-order valence-corrected chi connectivity index (χ4v) is 0.823. The monoisotopic (exact) mass is 181 g/mol. The summed E-state index contributed by atoms with van der Waals surface area (Å²) in [4.78, 5) is 3.83. The van der Waals surface area contributed by atoms with Gasteiger partial charge in [-0.3, -0.25) is 10.4 Å². The zero-order valence-corrected chi connectivity index (χ0v) is 7.15. The lowest BCUT2D eigenvalue weighted by molar-refractivity contribution is 0.181. The third-order valence-electron chi connectivity index (χ3n) is 1.49. The van der Waals surface area contributed by atoms with Gasteiger partial charge in [-0.1, -0.05) is 17.7 Å². The molecule has 0 aliphatic heterocycles. The van der Waals surface area contributed by atoms with Crippen molar-refractivity contribution < 1.29 is 10.4 Å². The number of hydroxylamine groups is 2. The van der Waals surface area contributed by atoms with Gasteiger partial charge in [0, 0.05) is 0 Å². The standard InChI is InChI=1S/C8H11N3O2/c1-6-2-4-7(5-3-6)9-8(10-12)11-13/h2-5,12-13H,1H3,(H2,9,10,11). The SMILES string of the molecule is Cc1ccc(N=C(NO)NO)cc1. The molecule has 0 amide bonds. The molecule has 70 valence electrons. The van der Waals surface area contributed by atoms with E-state index in [1.807, 2.05) is 19.1 Å². The first kappa shape index (κ1) is 9.50. The molecule has 0 heterocycles. The Labute approximate surface area is 75.7 Å². The second-order valence-corrected chi connectivity index (χ2v) is 2.52. The Morgan fingerprint density at radius 2 is 1.69 bits per heavy atom. The van der Waals surface area contributed by atoms with E-state index < -0.39 is 0 Å². The number of nitrogens with one attached hydrogen (secondary N) is 2. The highest BCUT2D eigenvalue weighted by molar-refractivity contribution is 5.80. The van der Waals surface area contributed by atoms with Crippen molar-refractivity contribution >= 4 is 11.6 Å². The van der Waals surface area contributed by atoms with Crippen LogP contribution < -0.4 is 11.0 Å². The van der Waals surface area contributed by atoms with Crippen molar-refractivity contribution in [1.82, 2.24) is 11.0 Å². The van der Waals surface area contributed by atoms with E-state index in [1.54, 1.807) is 23.1 Å². The summed E-state index contributed by atoms with van der Waals surface area (Å²) >= 11 is 0. The molecule has 0 aliphatic carbocycles. The van der Waals surface area contributed by atoms with Gasteiger partial charge in [0.1, 0.15) is 0 Å². The topological polar surface area (TPSA) is 76.9 Å². The van der Waals surface area contributed by atoms with Crippen molar-refractivity contribution in [2.45, 2.75) is 6.92 Å². The molecule has 0 radical (unpaired) electrons. The van der Waals surface area contributed by atoms with Crippen LogP contribution in [-0.2, 0) is 0 Å². The van der Waals surface area contributed by atoms with E-state index in [2.05, 4.69) is 4.99 Å². The molecule has 0 saturated heterocycles. The summed E-state index contributed by atoms with van der Waals surface area (Å²) in [5.41, 5.74) is 5.16. The molecule has 0 atom stereocenters. The Morgan fingerprint density at radius 1 is 1.15 bits per heavy atom. The molecule has 0 spiro atoms. The van der Waals surface area contributed by atoms with E-state index in [0.717, 1.165) is 5.56 Å². The molecular weight excluding hydrogens is 170 g/mol. The first-order valence-electron chi connectivity index (χ1n) is 3.72. The van der Waals surface area contributed by atoms with Gasteiger partial charge < -0.3 is 0 Å². The van der Waals surface area contributed by atoms with Gasteiger partial charge in [0.05, 0.1) is 5.69 Å². The quantitative estimate of drug-likeness (QED) is 0.295. The van der Waals surface area contributed by atoms with Gasteiger partial charge in [0.15, 0.2) is 0 Å². The minimum absolute atomic E-state index is 0.121. The summed E-state index contributed by atoms with van der Waals surface area (Å²) in [6.45, 7) is 1.96. The van der Waals surface area contributed by atoms with Gasteiger partial charge in [0.25, 0.3) is 0 Å². The van der Waals surface area contributed by atoms with Gasteiger partial charge >= 0.3 is 0 Å². The lowest BCUT2D eigenvalue weighted by atomic mass is 10.2. The van der Waals surface area contributed by atoms with Crippen molar-refractivity contribution in [3.8, 4) is 0 Å². The van der Waals surface area contributed by atoms with Crippen molar-refractivity contribution in [2.75, 3.05) is 0 Å². The molecule has 5 heteroatoms. The number of aryl methyl sites for hydroxylation is 1. The Kier molecular flexibility index (Phi) is 3.24. The maximum absolute atomic E-state index is 8.44. The minimum atomic E-state index is -0.121. The van der Waals surface area contributed by atoms with Crippen LogP contribution in [0.2, 0.25) is 0 Å². The fraction of sp³-hybridized carbons (Fsp3) is 0.125. The number of benzene rings is 1. The summed E-state index contributed by atoms with van der Waals surface area (Å²) in [6, 6.07) is 7.30. The lowest BCUT2D eigenvalue weighted by Gasteiger charge is -2.01. The Balaban J connectivity index is 2.84. The highest BCUT2D eigenvalue weighted by atomic mass is 16.5. The second kappa shape index (κ2) is 4.44. The molecule has 1 aromatic rings. The van der Waals surface area contributed by atoms with Crippen LogP contribution in [-0.4, -0.2) is 16.4 Å². The molecule has 1 aromatic carbocycles. The normalized spacial score (nSPS) is 9.15. The van der Waals surface area contributed by atoms with Crippen molar-refractivity contribution in [3.05, 3.63) is 29.8 Å². The molecule has 5 nitrogen and oxygen atoms in total. The number of aliphatic imine (C=N–C) groups is 1. The van der Waals surface area contributed by atoms with E-state index in [0.29, 0.717) is 5.69 Å². The molecule has 4 N–H and O–H groups in total. The van der Waals surface area contributed by atoms with Crippen LogP contribution >= 0.6 is 0 Å². The van der Waals surface area contributed by atoms with E-state index in [4.69, 9.17) is 10.4 Å². The van der Waals surface area contributed by atoms with E-state index >= 15 is 0 Å². The predicted octanol–water partition coefficient (Wildman–Crippen LogP) is 0.940. The fourth-order valence-electron chi connectivity index (χ4n) is 0.823. The summed E-state index contributed by atoms with van der Waals surface area (Å²) in [6.07, 6.45) is 0. The third kappa shape index (κ3) is 2.73. The summed E-state index contributed by atoms with van der Waals surface area (Å²) in [7, 11) is 0. The highest BCUT2D eigenvalue weighted by Gasteiger charge is 1.93. The number of nitrogens with zero attached hydrogens (tertiary/aromatic N) is 1. The molecule has 13 heavy (non-hydrogen) atoms. The van der Waals surface area contributed by atoms with Gasteiger partial charge in [-0.15, -0.1) is 0 Å². The van der Waals surface area contributed by atoms with Gasteiger partial charge in [0.2, 0.25) is 5.96 Å². The number of hydrogen-bond acceptors (Lipinski definition) is 3. The third-order valence-corrected chi connectivity index (χ3v) is 1.49. The molecule has 0 aromatic heterocycles. The van der Waals surface area contributed by atoms with Crippen LogP contribution in [0.3, 0.4) is 0 Å². The Bertz CT molecular complexity index is 289. The largest absolute Gasteiger partial charge is 0.288 e. The average molecular weight is 181 g/mol. The lowest BCUT2D eigenvalue weighted by Crippen LogP contribution is -2.32. The highest BCUT2D eigenvalue weighted by Crippen LogP contribution is 2.11. The molecule has 0 bridgehead atoms. The Hall–Kier alpha value is -1.59. The molecule has 0 unspecified atom stereocenters. The maximum atomic E-state index is 8.44. The van der Waals surface area contributed by atoms with E-state index in [1.165, 1.54) is 0 Å². The van der Waals surface area contributed by atoms with Crippen molar-refractivity contribution in [3.63, 3.8) is 0 Å². The Morgan fingerprint density at radius 3 is 2.15 bits per heavy atom. The average Bonchev–Trinajstić information content (AvgIpc) is 2.17. The van der Waals surface area contributed by atoms with Crippen LogP contribution in [0, 0.1) is 6.92 Å². The van der Waals surface area contributed by atoms with Crippen molar-refractivity contribution in [1.29, 1.82) is 0 Å². The smallest absolute Gasteiger partial charge is 0.245 e. The van der Waals surface area contributed by atoms with Gasteiger partial charge in [-0.05, 0) is 19.1 Å². The van der Waals surface area contributed by atoms with Crippen LogP contribution in [0.5, 0.6) is 0 Å². The molecule has 1 rings (SSSR count). The zero-order valence-electron chi connectivity index (χ0n) is 7.15. The summed E-state index contributed by atoms with van der Waals surface area (Å²) < 4.78 is 0. The van der Waals surface area contributed by atoms with Crippen LogP contribution in [0.1, 0.15) is 5.56 Å². The number of rotatable bonds is 1. The molecule has 0 saturated carbocycles. The van der Waals surface area contributed by atoms with Gasteiger partial charge in [-0.2, -0.15) is 0 Å². The molecule has 0 aliphatic rings. The number of hydrogen-bond donors (Lipinski definition) is 4. The van der Waals surface area contributed by atoms with Crippen molar-refractivity contribution in [2.24, 2.45) is 4.99 Å².